The second kappa shape index (κ2) is 9.93. The van der Waals surface area contributed by atoms with Crippen LogP contribution in [0.15, 0.2) is 18.2 Å². The van der Waals surface area contributed by atoms with Crippen molar-refractivity contribution in [3.63, 3.8) is 0 Å². The standard InChI is InChI=1S/C17H25NO4.C2HF3O2/c1-3-17(4-2)13-10-12(19)6-5-11(13)9-14(16(17)18)22-8-7-15(20)21;3-2(4,5)1(6)7/h5-6,10,14,16,19H,3-4,7-9,18H2,1-2H3,(H,20,21);(H,6,7)/p+1/t14-,16+;/m1./s1. The van der Waals surface area contributed by atoms with Gasteiger partial charge in [0.05, 0.1) is 13.0 Å². The maximum absolute atomic E-state index is 10.7. The molecule has 0 amide bonds. The number of carbonyl (C=O) groups is 2. The minimum Gasteiger partial charge on any atom is -0.508 e. The van der Waals surface area contributed by atoms with Gasteiger partial charge in [-0.05, 0) is 36.1 Å². The molecule has 1 aliphatic rings. The molecule has 0 saturated heterocycles. The van der Waals surface area contributed by atoms with E-state index in [0.29, 0.717) is 6.42 Å². The number of benzene rings is 1. The molecule has 29 heavy (non-hydrogen) atoms. The molecule has 7 nitrogen and oxygen atoms in total. The number of hydrogen-bond acceptors (Lipinski definition) is 4. The third-order valence-electron chi connectivity index (χ3n) is 5.36. The molecule has 164 valence electrons. The average Bonchev–Trinajstić information content (AvgIpc) is 2.63. The van der Waals surface area contributed by atoms with Crippen LogP contribution in [-0.4, -0.2) is 52.2 Å². The molecule has 0 aliphatic heterocycles. The summed E-state index contributed by atoms with van der Waals surface area (Å²) in [6, 6.07) is 5.54. The van der Waals surface area contributed by atoms with E-state index in [1.165, 1.54) is 5.56 Å². The van der Waals surface area contributed by atoms with Crippen LogP contribution in [0.3, 0.4) is 0 Å². The van der Waals surface area contributed by atoms with Gasteiger partial charge in [0, 0.05) is 11.8 Å². The summed E-state index contributed by atoms with van der Waals surface area (Å²) in [4.78, 5) is 19.6. The Morgan fingerprint density at radius 1 is 1.24 bits per heavy atom. The summed E-state index contributed by atoms with van der Waals surface area (Å²) in [5.74, 6) is -3.33. The van der Waals surface area contributed by atoms with Crippen molar-refractivity contribution >= 4 is 11.9 Å². The number of alkyl halides is 3. The highest BCUT2D eigenvalue weighted by atomic mass is 19.4. The number of phenols is 1. The van der Waals surface area contributed by atoms with Crippen molar-refractivity contribution in [1.29, 1.82) is 0 Å². The van der Waals surface area contributed by atoms with E-state index in [-0.39, 0.29) is 36.3 Å². The van der Waals surface area contributed by atoms with Crippen molar-refractivity contribution < 1.29 is 48.6 Å². The third-order valence-corrected chi connectivity index (χ3v) is 5.36. The molecule has 0 heterocycles. The molecule has 0 bridgehead atoms. The van der Waals surface area contributed by atoms with Crippen molar-refractivity contribution in [3.8, 4) is 5.75 Å². The normalized spacial score (nSPS) is 20.2. The van der Waals surface area contributed by atoms with Gasteiger partial charge in [-0.1, -0.05) is 19.9 Å². The largest absolute Gasteiger partial charge is 0.508 e. The second-order valence-corrected chi connectivity index (χ2v) is 6.87. The maximum Gasteiger partial charge on any atom is 0.490 e. The summed E-state index contributed by atoms with van der Waals surface area (Å²) in [5.41, 5.74) is 6.54. The molecule has 0 aromatic heterocycles. The molecule has 6 N–H and O–H groups in total. The molecule has 1 aromatic rings. The van der Waals surface area contributed by atoms with E-state index in [1.807, 2.05) is 12.1 Å². The molecule has 2 atom stereocenters. The zero-order valence-corrected chi connectivity index (χ0v) is 16.3. The number of aliphatic carboxylic acids is 2. The lowest BCUT2D eigenvalue weighted by Crippen LogP contribution is -2.76. The molecule has 10 heteroatoms. The Hall–Kier alpha value is -2.33. The first kappa shape index (κ1) is 24.7. The van der Waals surface area contributed by atoms with Crippen LogP contribution in [-0.2, 0) is 26.2 Å². The number of quaternary nitrogens is 1. The highest BCUT2D eigenvalue weighted by molar-refractivity contribution is 5.73. The van der Waals surface area contributed by atoms with E-state index >= 15 is 0 Å². The number of carboxylic acids is 2. The van der Waals surface area contributed by atoms with Gasteiger partial charge in [0.1, 0.15) is 17.9 Å². The van der Waals surface area contributed by atoms with Gasteiger partial charge >= 0.3 is 18.1 Å². The number of phenolic OH excluding ortho intramolecular Hbond substituents is 1. The van der Waals surface area contributed by atoms with E-state index in [2.05, 4.69) is 19.6 Å². The Kier molecular flexibility index (Phi) is 8.46. The van der Waals surface area contributed by atoms with Gasteiger partial charge in [-0.25, -0.2) is 4.79 Å². The Bertz CT molecular complexity index is 718. The van der Waals surface area contributed by atoms with Crippen molar-refractivity contribution in [2.45, 2.75) is 63.3 Å². The van der Waals surface area contributed by atoms with Crippen molar-refractivity contribution in [1.82, 2.24) is 0 Å². The lowest BCUT2D eigenvalue weighted by molar-refractivity contribution is -0.460. The van der Waals surface area contributed by atoms with E-state index in [0.717, 1.165) is 18.4 Å². The first-order chi connectivity index (χ1) is 13.4. The van der Waals surface area contributed by atoms with Crippen LogP contribution in [0, 0.1) is 0 Å². The summed E-state index contributed by atoms with van der Waals surface area (Å²) in [7, 11) is 0. The minimum atomic E-state index is -5.08. The van der Waals surface area contributed by atoms with Crippen LogP contribution >= 0.6 is 0 Å². The minimum absolute atomic E-state index is 0.0108. The molecule has 2 rings (SSSR count). The zero-order chi connectivity index (χ0) is 22.4. The fraction of sp³-hybridized carbons (Fsp3) is 0.579. The van der Waals surface area contributed by atoms with Crippen molar-refractivity contribution in [3.05, 3.63) is 29.3 Å². The Morgan fingerprint density at radius 2 is 1.79 bits per heavy atom. The van der Waals surface area contributed by atoms with Gasteiger partial charge in [-0.2, -0.15) is 13.2 Å². The van der Waals surface area contributed by atoms with Gasteiger partial charge in [-0.15, -0.1) is 0 Å². The molecule has 0 radical (unpaired) electrons. The van der Waals surface area contributed by atoms with Gasteiger partial charge in [-0.3, -0.25) is 4.79 Å². The number of halogens is 3. The lowest BCUT2D eigenvalue weighted by Gasteiger charge is -2.44. The van der Waals surface area contributed by atoms with Crippen molar-refractivity contribution in [2.24, 2.45) is 0 Å². The van der Waals surface area contributed by atoms with Crippen LogP contribution in [0.2, 0.25) is 0 Å². The average molecular weight is 422 g/mol. The number of fused-ring (bicyclic) bond motifs is 1. The van der Waals surface area contributed by atoms with Crippen molar-refractivity contribution in [2.75, 3.05) is 6.61 Å². The SMILES string of the molecule is CCC1(CC)c2cc(O)ccc2C[C@@H](OCCC(=O)O)[C@@H]1[NH3+].O=C(O)C(F)(F)F. The van der Waals surface area contributed by atoms with Crippen LogP contribution in [0.5, 0.6) is 5.75 Å². The van der Waals surface area contributed by atoms with Gasteiger partial charge < -0.3 is 25.8 Å². The first-order valence-corrected chi connectivity index (χ1v) is 9.18. The summed E-state index contributed by atoms with van der Waals surface area (Å²) in [6.07, 6.45) is -2.63. The summed E-state index contributed by atoms with van der Waals surface area (Å²) in [5, 5.41) is 25.7. The monoisotopic (exact) mass is 422 g/mol. The molecular weight excluding hydrogens is 395 g/mol. The fourth-order valence-corrected chi connectivity index (χ4v) is 3.75. The predicted molar refractivity (Wildman–Crippen MR) is 96.4 cm³/mol. The summed E-state index contributed by atoms with van der Waals surface area (Å²) < 4.78 is 37.6. The Morgan fingerprint density at radius 3 is 2.24 bits per heavy atom. The molecule has 0 spiro atoms. The number of rotatable bonds is 6. The Balaban J connectivity index is 0.000000516. The molecule has 0 saturated carbocycles. The highest BCUT2D eigenvalue weighted by Crippen LogP contribution is 2.43. The smallest absolute Gasteiger partial charge is 0.490 e. The van der Waals surface area contributed by atoms with Gasteiger partial charge in [0.2, 0.25) is 0 Å². The number of hydrogen-bond donors (Lipinski definition) is 4. The topological polar surface area (TPSA) is 132 Å². The Labute approximate surface area is 166 Å². The number of carboxylic acid groups (broad SMARTS) is 2. The summed E-state index contributed by atoms with van der Waals surface area (Å²) >= 11 is 0. The quantitative estimate of drug-likeness (QED) is 0.555. The fourth-order valence-electron chi connectivity index (χ4n) is 3.75. The zero-order valence-electron chi connectivity index (χ0n) is 16.3. The van der Waals surface area contributed by atoms with E-state index in [9.17, 15) is 23.1 Å². The molecule has 0 unspecified atom stereocenters. The third kappa shape index (κ3) is 6.07. The van der Waals surface area contributed by atoms with Crippen LogP contribution in [0.25, 0.3) is 0 Å². The van der Waals surface area contributed by atoms with Gasteiger partial charge in [0.25, 0.3) is 0 Å². The summed E-state index contributed by atoms with van der Waals surface area (Å²) in [6.45, 7) is 4.48. The molecule has 1 aromatic carbocycles. The van der Waals surface area contributed by atoms with E-state index < -0.39 is 18.1 Å². The molecule has 1 aliphatic carbocycles. The molecule has 0 fully saturated rings. The number of ether oxygens (including phenoxy) is 1. The van der Waals surface area contributed by atoms with E-state index in [4.69, 9.17) is 19.7 Å². The van der Waals surface area contributed by atoms with Crippen LogP contribution < -0.4 is 5.73 Å². The first-order valence-electron chi connectivity index (χ1n) is 9.18. The second-order valence-electron chi connectivity index (χ2n) is 6.87. The molecular formula is C19H27F3NO6+. The lowest BCUT2D eigenvalue weighted by atomic mass is 9.63. The predicted octanol–water partition coefficient (Wildman–Crippen LogP) is 2.11. The van der Waals surface area contributed by atoms with Crippen LogP contribution in [0.1, 0.15) is 44.2 Å². The van der Waals surface area contributed by atoms with Gasteiger partial charge in [0.15, 0.2) is 0 Å². The number of aromatic hydroxyl groups is 1. The maximum atomic E-state index is 10.7. The van der Waals surface area contributed by atoms with E-state index in [1.54, 1.807) is 6.07 Å². The van der Waals surface area contributed by atoms with Crippen LogP contribution in [0.4, 0.5) is 13.2 Å². The highest BCUT2D eigenvalue weighted by Gasteiger charge is 2.48.